The molecule has 1 spiro atoms. The van der Waals surface area contributed by atoms with E-state index in [1.807, 2.05) is 43.6 Å². The maximum absolute atomic E-state index is 13.9. The highest BCUT2D eigenvalue weighted by Gasteiger charge is 2.43. The first-order valence-electron chi connectivity index (χ1n) is 21.2. The second-order valence-corrected chi connectivity index (χ2v) is 16.7. The topological polar surface area (TPSA) is 84.4 Å². The lowest BCUT2D eigenvalue weighted by molar-refractivity contribution is -0.134. The van der Waals surface area contributed by atoms with Crippen molar-refractivity contribution in [2.24, 2.45) is 9.98 Å². The number of benzene rings is 4. The summed E-state index contributed by atoms with van der Waals surface area (Å²) in [6, 6.07) is 30.7. The summed E-state index contributed by atoms with van der Waals surface area (Å²) in [6.07, 6.45) is 13.7. The minimum absolute atomic E-state index is 0.0971. The molecular formula is C49H59N7O. The third kappa shape index (κ3) is 7.82. The van der Waals surface area contributed by atoms with Crippen molar-refractivity contribution in [2.45, 2.75) is 87.7 Å². The Morgan fingerprint density at radius 2 is 1.60 bits per heavy atom. The molecule has 0 aromatic heterocycles. The first-order valence-corrected chi connectivity index (χ1v) is 21.2. The first-order chi connectivity index (χ1) is 27.9. The fourth-order valence-electron chi connectivity index (χ4n) is 10.5. The van der Waals surface area contributed by atoms with E-state index < -0.39 is 0 Å². The van der Waals surface area contributed by atoms with Crippen molar-refractivity contribution in [3.8, 4) is 22.3 Å². The molecule has 0 radical (unpaired) electrons. The highest BCUT2D eigenvalue weighted by Crippen LogP contribution is 2.55. The van der Waals surface area contributed by atoms with Gasteiger partial charge in [-0.05, 0) is 147 Å². The van der Waals surface area contributed by atoms with E-state index in [0.717, 1.165) is 67.1 Å². The first kappa shape index (κ1) is 38.8. The zero-order chi connectivity index (χ0) is 39.4. The summed E-state index contributed by atoms with van der Waals surface area (Å²) in [7, 11) is 4.08. The number of likely N-dealkylation sites (N-methyl/N-ethyl adjacent to an activating group) is 2. The Morgan fingerprint density at radius 1 is 0.860 bits per heavy atom. The van der Waals surface area contributed by atoms with Gasteiger partial charge in [-0.1, -0.05) is 85.6 Å². The summed E-state index contributed by atoms with van der Waals surface area (Å²) in [4.78, 5) is 26.9. The van der Waals surface area contributed by atoms with E-state index in [1.165, 1.54) is 72.8 Å². The van der Waals surface area contributed by atoms with Gasteiger partial charge in [0.05, 0.1) is 17.1 Å². The molecule has 3 unspecified atom stereocenters. The zero-order valence-electron chi connectivity index (χ0n) is 33.9. The number of likely N-dealkylation sites (tertiary alicyclic amines) is 2. The Balaban J connectivity index is 1.05. The molecule has 1 saturated carbocycles. The molecule has 8 nitrogen and oxygen atoms in total. The van der Waals surface area contributed by atoms with Crippen LogP contribution in [0, 0.1) is 0 Å². The minimum atomic E-state index is -0.360. The summed E-state index contributed by atoms with van der Waals surface area (Å²) in [5, 5.41) is 10.7. The largest absolute Gasteiger partial charge is 0.382 e. The molecule has 2 aliphatic heterocycles. The van der Waals surface area contributed by atoms with Gasteiger partial charge in [0.15, 0.2) is 0 Å². The molecule has 4 aromatic rings. The van der Waals surface area contributed by atoms with Gasteiger partial charge in [-0.25, -0.2) is 0 Å². The molecule has 1 amide bonds. The van der Waals surface area contributed by atoms with Gasteiger partial charge >= 0.3 is 0 Å². The molecule has 3 atom stereocenters. The molecule has 4 aromatic carbocycles. The fourth-order valence-corrected chi connectivity index (χ4v) is 10.5. The lowest BCUT2D eigenvalue weighted by Crippen LogP contribution is -2.44. The standard InChI is InChI=1S/C49H59N7O/c1-50-33-45(54-31-38-14-10-28-55(38)4)35-18-16-34(17-19-35)41-22-21-40(42-24-27-49(46(41)42)25-8-9-26-49)37-20-23-43(51-2)44(30-37)53-32-39-15-11-29-56(39)48(57)47(52-3)36-12-6-5-7-13-36/h5-7,12-13,16-23,30,33,38-39,47,52-54H,1-2,8-11,14-15,24-29,31-32H2,3-4H3/b45-33-. The third-order valence-corrected chi connectivity index (χ3v) is 13.5. The van der Waals surface area contributed by atoms with Crippen molar-refractivity contribution < 1.29 is 4.79 Å². The monoisotopic (exact) mass is 761 g/mol. The molecule has 0 bridgehead atoms. The van der Waals surface area contributed by atoms with Crippen LogP contribution in [0.5, 0.6) is 0 Å². The summed E-state index contributed by atoms with van der Waals surface area (Å²) in [5.41, 5.74) is 13.4. The average Bonchev–Trinajstić information content (AvgIpc) is 4.08. The van der Waals surface area contributed by atoms with E-state index in [0.29, 0.717) is 12.6 Å². The highest BCUT2D eigenvalue weighted by molar-refractivity contribution is 5.85. The predicted molar refractivity (Wildman–Crippen MR) is 238 cm³/mol. The van der Waals surface area contributed by atoms with Crippen molar-refractivity contribution in [2.75, 3.05) is 45.6 Å². The number of amides is 1. The molecular weight excluding hydrogens is 703 g/mol. The van der Waals surface area contributed by atoms with Gasteiger partial charge in [0, 0.05) is 37.9 Å². The number of nitrogens with zero attached hydrogens (tertiary/aromatic N) is 4. The van der Waals surface area contributed by atoms with Gasteiger partial charge < -0.3 is 25.8 Å². The fraction of sp³-hybridized carbons (Fsp3) is 0.408. The number of rotatable bonds is 14. The summed E-state index contributed by atoms with van der Waals surface area (Å²) in [6.45, 7) is 11.2. The van der Waals surface area contributed by atoms with Crippen LogP contribution in [0.4, 0.5) is 11.4 Å². The van der Waals surface area contributed by atoms with Gasteiger partial charge in [-0.2, -0.15) is 0 Å². The van der Waals surface area contributed by atoms with Gasteiger partial charge in [-0.3, -0.25) is 14.8 Å². The summed E-state index contributed by atoms with van der Waals surface area (Å²) >= 11 is 0. The Bertz CT molecular complexity index is 2100. The number of carbonyl (C=O) groups is 1. The SMILES string of the molecule is C=N/C=C(\NCC1CCCN1C)c1ccc(-c2ccc(-c3ccc(N=C)c(NCC4CCCN4C(=O)C(NC)c4ccccc4)c3)c3c2C2(CCCC2)CC3)cc1. The number of anilines is 1. The van der Waals surface area contributed by atoms with E-state index in [1.54, 1.807) is 5.56 Å². The van der Waals surface area contributed by atoms with Gasteiger partial charge in [0.1, 0.15) is 6.04 Å². The smallest absolute Gasteiger partial charge is 0.244 e. The predicted octanol–water partition coefficient (Wildman–Crippen LogP) is 9.16. The van der Waals surface area contributed by atoms with E-state index in [9.17, 15) is 4.79 Å². The molecule has 57 heavy (non-hydrogen) atoms. The van der Waals surface area contributed by atoms with E-state index in [-0.39, 0.29) is 23.4 Å². The van der Waals surface area contributed by atoms with Crippen LogP contribution in [0.15, 0.2) is 101 Å². The van der Waals surface area contributed by atoms with E-state index >= 15 is 0 Å². The lowest BCUT2D eigenvalue weighted by atomic mass is 9.76. The molecule has 2 heterocycles. The minimum Gasteiger partial charge on any atom is -0.382 e. The Kier molecular flexibility index (Phi) is 11.7. The molecule has 8 heteroatoms. The molecule has 2 saturated heterocycles. The zero-order valence-corrected chi connectivity index (χ0v) is 33.9. The average molecular weight is 762 g/mol. The van der Waals surface area contributed by atoms with E-state index in [2.05, 4.69) is 111 Å². The number of nitrogens with one attached hydrogen (secondary N) is 3. The number of hydrogen-bond donors (Lipinski definition) is 3. The van der Waals surface area contributed by atoms with Gasteiger partial charge in [-0.15, -0.1) is 0 Å². The van der Waals surface area contributed by atoms with Crippen LogP contribution in [0.3, 0.4) is 0 Å². The quantitative estimate of drug-likeness (QED) is 0.112. The number of fused-ring (bicyclic) bond motifs is 2. The van der Waals surface area contributed by atoms with Crippen LogP contribution >= 0.6 is 0 Å². The molecule has 3 fully saturated rings. The molecule has 4 aliphatic rings. The molecule has 296 valence electrons. The maximum Gasteiger partial charge on any atom is 0.244 e. The number of aliphatic imine (C=N–C) groups is 2. The van der Waals surface area contributed by atoms with Crippen molar-refractivity contribution in [1.82, 2.24) is 20.4 Å². The van der Waals surface area contributed by atoms with Crippen LogP contribution in [-0.2, 0) is 16.6 Å². The van der Waals surface area contributed by atoms with E-state index in [4.69, 9.17) is 0 Å². The maximum atomic E-state index is 13.9. The molecule has 2 aliphatic carbocycles. The van der Waals surface area contributed by atoms with Gasteiger partial charge in [0.25, 0.3) is 0 Å². The second-order valence-electron chi connectivity index (χ2n) is 16.7. The van der Waals surface area contributed by atoms with Crippen LogP contribution in [0.25, 0.3) is 28.0 Å². The second kappa shape index (κ2) is 17.2. The van der Waals surface area contributed by atoms with Crippen molar-refractivity contribution in [1.29, 1.82) is 0 Å². The number of hydrogen-bond acceptors (Lipinski definition) is 7. The third-order valence-electron chi connectivity index (χ3n) is 13.5. The van der Waals surface area contributed by atoms with Crippen molar-refractivity contribution >= 4 is 36.4 Å². The Labute approximate surface area is 339 Å². The highest BCUT2D eigenvalue weighted by atomic mass is 16.2. The Morgan fingerprint density at radius 3 is 2.32 bits per heavy atom. The summed E-state index contributed by atoms with van der Waals surface area (Å²) < 4.78 is 0. The van der Waals surface area contributed by atoms with Crippen LogP contribution in [0.2, 0.25) is 0 Å². The van der Waals surface area contributed by atoms with Crippen molar-refractivity contribution in [3.63, 3.8) is 0 Å². The van der Waals surface area contributed by atoms with Crippen LogP contribution in [-0.4, -0.2) is 81.5 Å². The molecule has 3 N–H and O–H groups in total. The van der Waals surface area contributed by atoms with Crippen molar-refractivity contribution in [3.05, 3.63) is 113 Å². The Hall–Kier alpha value is -5.05. The van der Waals surface area contributed by atoms with Gasteiger partial charge in [0.2, 0.25) is 5.91 Å². The van der Waals surface area contributed by atoms with Crippen LogP contribution < -0.4 is 16.0 Å². The normalized spacial score (nSPS) is 20.8. The summed E-state index contributed by atoms with van der Waals surface area (Å²) in [5.74, 6) is 0.129. The van der Waals surface area contributed by atoms with Crippen LogP contribution in [0.1, 0.15) is 86.1 Å². The number of carbonyl (C=O) groups excluding carboxylic acids is 1. The molecule has 8 rings (SSSR count). The lowest BCUT2D eigenvalue weighted by Gasteiger charge is -2.29.